The van der Waals surface area contributed by atoms with Crippen LogP contribution in [-0.2, 0) is 11.2 Å². The number of hydrogen-bond donors (Lipinski definition) is 0. The summed E-state index contributed by atoms with van der Waals surface area (Å²) in [6, 6.07) is 23.7. The fourth-order valence-electron chi connectivity index (χ4n) is 3.88. The second-order valence-electron chi connectivity index (χ2n) is 7.70. The van der Waals surface area contributed by atoms with Crippen LogP contribution in [0.4, 0.5) is 5.82 Å². The zero-order valence-electron chi connectivity index (χ0n) is 17.2. The third kappa shape index (κ3) is 4.32. The highest BCUT2D eigenvalue weighted by molar-refractivity contribution is 5.98. The van der Waals surface area contributed by atoms with Crippen LogP contribution in [0, 0.1) is 0 Å². The number of hydrogen-bond acceptors (Lipinski definition) is 5. The van der Waals surface area contributed by atoms with E-state index in [0.29, 0.717) is 19.6 Å². The molecule has 0 amide bonds. The number of benzene rings is 3. The van der Waals surface area contributed by atoms with Crippen LogP contribution in [-0.4, -0.2) is 42.1 Å². The molecule has 1 aliphatic rings. The Morgan fingerprint density at radius 1 is 0.871 bits per heavy atom. The first-order valence-corrected chi connectivity index (χ1v) is 10.5. The van der Waals surface area contributed by atoms with Gasteiger partial charge in [-0.25, -0.2) is 4.98 Å². The number of carbonyl (C=O) groups excluding carboxylic acids is 1. The van der Waals surface area contributed by atoms with Crippen LogP contribution in [0.1, 0.15) is 15.9 Å². The van der Waals surface area contributed by atoms with E-state index in [1.807, 2.05) is 79.0 Å². The van der Waals surface area contributed by atoms with Gasteiger partial charge in [-0.2, -0.15) is 0 Å². The Kier molecular flexibility index (Phi) is 5.42. The lowest BCUT2D eigenvalue weighted by atomic mass is 9.98. The molecule has 4 aromatic rings. The minimum absolute atomic E-state index is 0.114. The van der Waals surface area contributed by atoms with Crippen molar-refractivity contribution in [3.63, 3.8) is 0 Å². The summed E-state index contributed by atoms with van der Waals surface area (Å²) in [5.74, 6) is 0.989. The average molecular weight is 409 g/mol. The van der Waals surface area contributed by atoms with Crippen molar-refractivity contribution in [1.29, 1.82) is 0 Å². The maximum absolute atomic E-state index is 12.8. The molecule has 0 N–H and O–H groups in total. The van der Waals surface area contributed by atoms with Gasteiger partial charge in [0.1, 0.15) is 5.82 Å². The maximum Gasteiger partial charge on any atom is 0.167 e. The molecule has 1 aromatic heterocycles. The standard InChI is InChI=1S/C26H23N3O2/c30-25(15-19-5-2-1-3-6-19)22-8-4-7-20(16-22)21-9-10-23-24(17-21)28-26(18-27-23)29-11-13-31-14-12-29/h1-10,16-18H,11-15H2. The summed E-state index contributed by atoms with van der Waals surface area (Å²) < 4.78 is 5.44. The van der Waals surface area contributed by atoms with Gasteiger partial charge in [-0.1, -0.05) is 54.6 Å². The molecule has 0 atom stereocenters. The molecule has 1 fully saturated rings. The zero-order valence-corrected chi connectivity index (χ0v) is 17.2. The number of ether oxygens (including phenoxy) is 1. The third-order valence-electron chi connectivity index (χ3n) is 5.59. The predicted octanol–water partition coefficient (Wildman–Crippen LogP) is 4.56. The van der Waals surface area contributed by atoms with Crippen molar-refractivity contribution in [3.05, 3.63) is 90.1 Å². The SMILES string of the molecule is O=C(Cc1ccccc1)c1cccc(-c2ccc3ncc(N4CCOCC4)nc3c2)c1. The van der Waals surface area contributed by atoms with Crippen molar-refractivity contribution >= 4 is 22.6 Å². The number of anilines is 1. The quantitative estimate of drug-likeness (QED) is 0.452. The molecule has 1 aliphatic heterocycles. The van der Waals surface area contributed by atoms with E-state index in [2.05, 4.69) is 9.88 Å². The highest BCUT2D eigenvalue weighted by atomic mass is 16.5. The van der Waals surface area contributed by atoms with E-state index in [9.17, 15) is 4.79 Å². The van der Waals surface area contributed by atoms with Gasteiger partial charge in [0.25, 0.3) is 0 Å². The molecule has 0 aliphatic carbocycles. The van der Waals surface area contributed by atoms with Crippen LogP contribution in [0.3, 0.4) is 0 Å². The third-order valence-corrected chi connectivity index (χ3v) is 5.59. The summed E-state index contributed by atoms with van der Waals surface area (Å²) in [5.41, 5.74) is 5.47. The number of aromatic nitrogens is 2. The molecule has 154 valence electrons. The second kappa shape index (κ2) is 8.66. The van der Waals surface area contributed by atoms with Gasteiger partial charge in [0.15, 0.2) is 5.78 Å². The number of ketones is 1. The molecule has 0 unspecified atom stereocenters. The first-order valence-electron chi connectivity index (χ1n) is 10.5. The first-order chi connectivity index (χ1) is 15.3. The molecule has 2 heterocycles. The van der Waals surface area contributed by atoms with E-state index < -0.39 is 0 Å². The summed E-state index contributed by atoms with van der Waals surface area (Å²) in [6.07, 6.45) is 2.23. The fraction of sp³-hybridized carbons (Fsp3) is 0.192. The van der Waals surface area contributed by atoms with Crippen LogP contribution < -0.4 is 4.90 Å². The van der Waals surface area contributed by atoms with E-state index in [-0.39, 0.29) is 5.78 Å². The fourth-order valence-corrected chi connectivity index (χ4v) is 3.88. The number of nitrogens with zero attached hydrogens (tertiary/aromatic N) is 3. The van der Waals surface area contributed by atoms with Crippen molar-refractivity contribution in [3.8, 4) is 11.1 Å². The summed E-state index contributed by atoms with van der Waals surface area (Å²) in [4.78, 5) is 24.4. The van der Waals surface area contributed by atoms with Crippen molar-refractivity contribution < 1.29 is 9.53 Å². The molecular formula is C26H23N3O2. The van der Waals surface area contributed by atoms with Gasteiger partial charge in [-0.15, -0.1) is 0 Å². The van der Waals surface area contributed by atoms with Crippen LogP contribution in [0.5, 0.6) is 0 Å². The Morgan fingerprint density at radius 3 is 2.52 bits per heavy atom. The van der Waals surface area contributed by atoms with E-state index >= 15 is 0 Å². The summed E-state index contributed by atoms with van der Waals surface area (Å²) >= 11 is 0. The summed E-state index contributed by atoms with van der Waals surface area (Å²) in [7, 11) is 0. The molecule has 0 saturated carbocycles. The van der Waals surface area contributed by atoms with Crippen molar-refractivity contribution in [2.75, 3.05) is 31.2 Å². The topological polar surface area (TPSA) is 55.3 Å². The maximum atomic E-state index is 12.8. The lowest BCUT2D eigenvalue weighted by molar-refractivity contribution is 0.0993. The number of Topliss-reactive ketones (excluding diaryl/α,β-unsaturated/α-hetero) is 1. The van der Waals surface area contributed by atoms with Gasteiger partial charge in [0.05, 0.1) is 30.4 Å². The molecule has 0 spiro atoms. The Morgan fingerprint density at radius 2 is 1.68 bits per heavy atom. The highest BCUT2D eigenvalue weighted by Gasteiger charge is 2.14. The van der Waals surface area contributed by atoms with E-state index in [1.165, 1.54) is 0 Å². The van der Waals surface area contributed by atoms with Crippen LogP contribution in [0.15, 0.2) is 79.0 Å². The summed E-state index contributed by atoms with van der Waals surface area (Å²) in [6.45, 7) is 3.07. The number of rotatable bonds is 5. The molecule has 31 heavy (non-hydrogen) atoms. The van der Waals surface area contributed by atoms with Crippen LogP contribution in [0.2, 0.25) is 0 Å². The highest BCUT2D eigenvalue weighted by Crippen LogP contribution is 2.25. The molecular weight excluding hydrogens is 386 g/mol. The van der Waals surface area contributed by atoms with E-state index in [0.717, 1.165) is 52.2 Å². The molecule has 3 aromatic carbocycles. The summed E-state index contributed by atoms with van der Waals surface area (Å²) in [5, 5.41) is 0. The molecule has 0 radical (unpaired) electrons. The van der Waals surface area contributed by atoms with Gasteiger partial charge >= 0.3 is 0 Å². The second-order valence-corrected chi connectivity index (χ2v) is 7.70. The minimum Gasteiger partial charge on any atom is -0.378 e. The Balaban J connectivity index is 1.43. The largest absolute Gasteiger partial charge is 0.378 e. The van der Waals surface area contributed by atoms with Crippen molar-refractivity contribution in [2.24, 2.45) is 0 Å². The van der Waals surface area contributed by atoms with Crippen LogP contribution >= 0.6 is 0 Å². The number of morpholine rings is 1. The smallest absolute Gasteiger partial charge is 0.167 e. The van der Waals surface area contributed by atoms with Gasteiger partial charge in [0.2, 0.25) is 0 Å². The molecule has 1 saturated heterocycles. The zero-order chi connectivity index (χ0) is 21.0. The van der Waals surface area contributed by atoms with E-state index in [1.54, 1.807) is 0 Å². The molecule has 5 nitrogen and oxygen atoms in total. The number of fused-ring (bicyclic) bond motifs is 1. The molecule has 5 rings (SSSR count). The lowest BCUT2D eigenvalue weighted by Crippen LogP contribution is -2.36. The van der Waals surface area contributed by atoms with Gasteiger partial charge in [-0.05, 0) is 34.9 Å². The predicted molar refractivity (Wildman–Crippen MR) is 122 cm³/mol. The normalized spacial score (nSPS) is 14.0. The monoisotopic (exact) mass is 409 g/mol. The minimum atomic E-state index is 0.114. The molecule has 5 heteroatoms. The van der Waals surface area contributed by atoms with Crippen molar-refractivity contribution in [2.45, 2.75) is 6.42 Å². The number of carbonyl (C=O) groups is 1. The Bertz CT molecular complexity index is 1220. The van der Waals surface area contributed by atoms with Crippen LogP contribution in [0.25, 0.3) is 22.2 Å². The van der Waals surface area contributed by atoms with Gasteiger partial charge in [0, 0.05) is 25.1 Å². The lowest BCUT2D eigenvalue weighted by Gasteiger charge is -2.27. The molecule has 0 bridgehead atoms. The van der Waals surface area contributed by atoms with Crippen molar-refractivity contribution in [1.82, 2.24) is 9.97 Å². The van der Waals surface area contributed by atoms with E-state index in [4.69, 9.17) is 9.72 Å². The first kappa shape index (κ1) is 19.4. The Labute approximate surface area is 181 Å². The van der Waals surface area contributed by atoms with Gasteiger partial charge in [-0.3, -0.25) is 9.78 Å². The Hall–Kier alpha value is -3.57. The van der Waals surface area contributed by atoms with Gasteiger partial charge < -0.3 is 9.64 Å². The average Bonchev–Trinajstić information content (AvgIpc) is 2.84.